The molecule has 0 fully saturated rings. The lowest BCUT2D eigenvalue weighted by Crippen LogP contribution is -2.05. The third-order valence-electron chi connectivity index (χ3n) is 2.29. The number of ether oxygens (including phenoxy) is 1. The summed E-state index contributed by atoms with van der Waals surface area (Å²) in [5.41, 5.74) is -0.461. The van der Waals surface area contributed by atoms with E-state index in [0.29, 0.717) is 31.4 Å². The summed E-state index contributed by atoms with van der Waals surface area (Å²) in [7, 11) is 0. The Morgan fingerprint density at radius 3 is 2.28 bits per heavy atom. The van der Waals surface area contributed by atoms with Gasteiger partial charge in [-0.15, -0.1) is 0 Å². The smallest absolute Gasteiger partial charge is 0.335 e. The third kappa shape index (κ3) is 3.96. The Labute approximate surface area is 103 Å². The average Bonchev–Trinajstić information content (AvgIpc) is 2.31. The van der Waals surface area contributed by atoms with Crippen molar-refractivity contribution in [1.82, 2.24) is 0 Å². The summed E-state index contributed by atoms with van der Waals surface area (Å²) >= 11 is 0. The van der Waals surface area contributed by atoms with Crippen LogP contribution in [0.1, 0.15) is 29.6 Å². The molecular weight excluding hydrogens is 246 g/mol. The van der Waals surface area contributed by atoms with Gasteiger partial charge in [-0.3, -0.25) is 0 Å². The Morgan fingerprint density at radius 1 is 1.17 bits per heavy atom. The van der Waals surface area contributed by atoms with Crippen LogP contribution in [0.15, 0.2) is 12.1 Å². The molecular formula is C12H14F2O4. The maximum atomic E-state index is 13.4. The van der Waals surface area contributed by atoms with E-state index in [1.54, 1.807) is 0 Å². The van der Waals surface area contributed by atoms with Crippen LogP contribution in [-0.2, 0) is 0 Å². The molecule has 4 nitrogen and oxygen atoms in total. The number of rotatable bonds is 7. The maximum Gasteiger partial charge on any atom is 0.335 e. The zero-order chi connectivity index (χ0) is 13.5. The van der Waals surface area contributed by atoms with Gasteiger partial charge in [0, 0.05) is 6.61 Å². The van der Waals surface area contributed by atoms with Gasteiger partial charge in [0.2, 0.25) is 0 Å². The standard InChI is InChI=1S/C12H14F2O4/c13-9-6-8(12(16)17)7-10(14)11(9)18-5-3-1-2-4-15/h6-7,15H,1-5H2,(H,16,17). The van der Waals surface area contributed by atoms with Crippen molar-refractivity contribution in [3.8, 4) is 5.75 Å². The van der Waals surface area contributed by atoms with E-state index in [1.807, 2.05) is 0 Å². The fourth-order valence-corrected chi connectivity index (χ4v) is 1.39. The van der Waals surface area contributed by atoms with Crippen LogP contribution < -0.4 is 4.74 Å². The Bertz CT molecular complexity index is 398. The van der Waals surface area contributed by atoms with Crippen LogP contribution >= 0.6 is 0 Å². The minimum Gasteiger partial charge on any atom is -0.488 e. The van der Waals surface area contributed by atoms with Crippen molar-refractivity contribution in [2.45, 2.75) is 19.3 Å². The van der Waals surface area contributed by atoms with E-state index in [4.69, 9.17) is 14.9 Å². The van der Waals surface area contributed by atoms with Crippen LogP contribution in [0.4, 0.5) is 8.78 Å². The molecule has 0 atom stereocenters. The third-order valence-corrected chi connectivity index (χ3v) is 2.29. The highest BCUT2D eigenvalue weighted by Gasteiger charge is 2.15. The van der Waals surface area contributed by atoms with Gasteiger partial charge < -0.3 is 14.9 Å². The Balaban J connectivity index is 2.63. The summed E-state index contributed by atoms with van der Waals surface area (Å²) in [6, 6.07) is 1.43. The summed E-state index contributed by atoms with van der Waals surface area (Å²) in [5, 5.41) is 17.1. The number of carboxylic acids is 1. The van der Waals surface area contributed by atoms with E-state index < -0.39 is 28.9 Å². The predicted octanol–water partition coefficient (Wildman–Crippen LogP) is 2.20. The molecule has 1 aromatic carbocycles. The van der Waals surface area contributed by atoms with Gasteiger partial charge in [-0.2, -0.15) is 0 Å². The number of hydrogen-bond acceptors (Lipinski definition) is 3. The topological polar surface area (TPSA) is 66.8 Å². The molecule has 0 unspecified atom stereocenters. The quantitative estimate of drug-likeness (QED) is 0.737. The van der Waals surface area contributed by atoms with Gasteiger partial charge >= 0.3 is 5.97 Å². The van der Waals surface area contributed by atoms with Crippen LogP contribution in [0.3, 0.4) is 0 Å². The number of unbranched alkanes of at least 4 members (excludes halogenated alkanes) is 2. The van der Waals surface area contributed by atoms with E-state index in [0.717, 1.165) is 0 Å². The van der Waals surface area contributed by atoms with Gasteiger partial charge in [0.15, 0.2) is 17.4 Å². The summed E-state index contributed by atoms with van der Waals surface area (Å²) < 4.78 is 31.7. The number of aliphatic hydroxyl groups is 1. The summed E-state index contributed by atoms with van der Waals surface area (Å²) in [4.78, 5) is 10.6. The lowest BCUT2D eigenvalue weighted by Gasteiger charge is -2.08. The number of aliphatic hydroxyl groups excluding tert-OH is 1. The van der Waals surface area contributed by atoms with Crippen molar-refractivity contribution in [1.29, 1.82) is 0 Å². The van der Waals surface area contributed by atoms with Crippen molar-refractivity contribution in [2.75, 3.05) is 13.2 Å². The second-order valence-electron chi connectivity index (χ2n) is 3.71. The van der Waals surface area contributed by atoms with Gasteiger partial charge in [0.1, 0.15) is 0 Å². The summed E-state index contributed by atoms with van der Waals surface area (Å²) in [6.45, 7) is 0.177. The lowest BCUT2D eigenvalue weighted by atomic mass is 10.2. The molecule has 0 heterocycles. The van der Waals surface area contributed by atoms with Gasteiger partial charge in [-0.25, -0.2) is 13.6 Å². The largest absolute Gasteiger partial charge is 0.488 e. The lowest BCUT2D eigenvalue weighted by molar-refractivity contribution is 0.0695. The molecule has 0 aliphatic rings. The first-order valence-electron chi connectivity index (χ1n) is 5.52. The summed E-state index contributed by atoms with van der Waals surface area (Å²) in [5.74, 6) is -4.03. The molecule has 0 amide bonds. The first-order valence-corrected chi connectivity index (χ1v) is 5.52. The van der Waals surface area contributed by atoms with Crippen LogP contribution in [0.25, 0.3) is 0 Å². The highest BCUT2D eigenvalue weighted by Crippen LogP contribution is 2.23. The number of halogens is 2. The van der Waals surface area contributed by atoms with E-state index in [-0.39, 0.29) is 13.2 Å². The minimum atomic E-state index is -1.40. The fraction of sp³-hybridized carbons (Fsp3) is 0.417. The van der Waals surface area contributed by atoms with Crippen LogP contribution in [-0.4, -0.2) is 29.4 Å². The molecule has 0 saturated heterocycles. The molecule has 0 aliphatic carbocycles. The molecule has 0 aliphatic heterocycles. The molecule has 0 radical (unpaired) electrons. The second-order valence-corrected chi connectivity index (χ2v) is 3.71. The van der Waals surface area contributed by atoms with Crippen LogP contribution in [0, 0.1) is 11.6 Å². The van der Waals surface area contributed by atoms with Crippen LogP contribution in [0.2, 0.25) is 0 Å². The van der Waals surface area contributed by atoms with Crippen LogP contribution in [0.5, 0.6) is 5.75 Å². The number of aromatic carboxylic acids is 1. The molecule has 0 aromatic heterocycles. The van der Waals surface area contributed by atoms with Gasteiger partial charge in [0.05, 0.1) is 12.2 Å². The molecule has 0 saturated carbocycles. The number of benzene rings is 1. The molecule has 1 rings (SSSR count). The zero-order valence-corrected chi connectivity index (χ0v) is 9.66. The van der Waals surface area contributed by atoms with Gasteiger partial charge in [-0.05, 0) is 31.4 Å². The van der Waals surface area contributed by atoms with E-state index in [1.165, 1.54) is 0 Å². The van der Waals surface area contributed by atoms with E-state index in [2.05, 4.69) is 0 Å². The zero-order valence-electron chi connectivity index (χ0n) is 9.66. The fourth-order valence-electron chi connectivity index (χ4n) is 1.39. The van der Waals surface area contributed by atoms with Gasteiger partial charge in [-0.1, -0.05) is 0 Å². The molecule has 1 aromatic rings. The minimum absolute atomic E-state index is 0.0655. The van der Waals surface area contributed by atoms with Gasteiger partial charge in [0.25, 0.3) is 0 Å². The van der Waals surface area contributed by atoms with Crippen molar-refractivity contribution >= 4 is 5.97 Å². The first-order chi connectivity index (χ1) is 8.56. The highest BCUT2D eigenvalue weighted by atomic mass is 19.1. The SMILES string of the molecule is O=C(O)c1cc(F)c(OCCCCCO)c(F)c1. The normalized spacial score (nSPS) is 10.4. The molecule has 100 valence electrons. The number of carboxylic acid groups (broad SMARTS) is 1. The first kappa shape index (κ1) is 14.4. The number of carbonyl (C=O) groups is 1. The highest BCUT2D eigenvalue weighted by molar-refractivity contribution is 5.87. The molecule has 2 N–H and O–H groups in total. The number of hydrogen-bond donors (Lipinski definition) is 2. The molecule has 0 bridgehead atoms. The Hall–Kier alpha value is -1.69. The molecule has 0 spiro atoms. The second kappa shape index (κ2) is 6.90. The maximum absolute atomic E-state index is 13.4. The van der Waals surface area contributed by atoms with Crippen molar-refractivity contribution in [2.24, 2.45) is 0 Å². The van der Waals surface area contributed by atoms with E-state index in [9.17, 15) is 13.6 Å². The monoisotopic (exact) mass is 260 g/mol. The van der Waals surface area contributed by atoms with Crippen molar-refractivity contribution < 1.29 is 28.5 Å². The Morgan fingerprint density at radius 2 is 1.78 bits per heavy atom. The van der Waals surface area contributed by atoms with Crippen molar-refractivity contribution in [3.05, 3.63) is 29.3 Å². The van der Waals surface area contributed by atoms with E-state index >= 15 is 0 Å². The summed E-state index contributed by atoms with van der Waals surface area (Å²) in [6.07, 6.45) is 1.85. The molecule has 18 heavy (non-hydrogen) atoms. The average molecular weight is 260 g/mol. The predicted molar refractivity (Wildman–Crippen MR) is 59.7 cm³/mol. The molecule has 6 heteroatoms. The Kier molecular flexibility index (Phi) is 5.51. The van der Waals surface area contributed by atoms with Crippen molar-refractivity contribution in [3.63, 3.8) is 0 Å².